The summed E-state index contributed by atoms with van der Waals surface area (Å²) in [6.07, 6.45) is 2.97. The maximum atomic E-state index is 13.1. The number of carbonyl (C=O) groups is 1. The first-order valence-corrected chi connectivity index (χ1v) is 10.1. The number of ether oxygens (including phenoxy) is 1. The van der Waals surface area contributed by atoms with Crippen molar-refractivity contribution >= 4 is 34.6 Å². The van der Waals surface area contributed by atoms with Gasteiger partial charge in [0.05, 0.1) is 16.7 Å². The van der Waals surface area contributed by atoms with E-state index in [9.17, 15) is 9.18 Å². The Kier molecular flexibility index (Phi) is 6.52. The molecule has 1 heterocycles. The van der Waals surface area contributed by atoms with Gasteiger partial charge >= 0.3 is 0 Å². The number of benzene rings is 2. The molecule has 0 aliphatic carbocycles. The lowest BCUT2D eigenvalue weighted by Crippen LogP contribution is -2.28. The van der Waals surface area contributed by atoms with Gasteiger partial charge in [-0.1, -0.05) is 19.1 Å². The molecule has 6 heteroatoms. The monoisotopic (exact) mass is 398 g/mol. The van der Waals surface area contributed by atoms with Crippen LogP contribution in [0.25, 0.3) is 6.08 Å². The summed E-state index contributed by atoms with van der Waals surface area (Å²) in [6.45, 7) is 6.54. The van der Waals surface area contributed by atoms with E-state index in [1.165, 1.54) is 23.9 Å². The minimum Gasteiger partial charge on any atom is -0.491 e. The lowest BCUT2D eigenvalue weighted by molar-refractivity contribution is -0.122. The van der Waals surface area contributed by atoms with Crippen LogP contribution in [0, 0.1) is 5.82 Å². The molecule has 2 aromatic rings. The van der Waals surface area contributed by atoms with Crippen molar-refractivity contribution in [1.82, 2.24) is 4.90 Å². The molecule has 1 amide bonds. The van der Waals surface area contributed by atoms with E-state index in [0.717, 1.165) is 17.7 Å². The zero-order valence-corrected chi connectivity index (χ0v) is 17.0. The summed E-state index contributed by atoms with van der Waals surface area (Å²) in [5, 5.41) is 0.599. The van der Waals surface area contributed by atoms with Gasteiger partial charge < -0.3 is 4.74 Å². The molecule has 1 saturated heterocycles. The largest absolute Gasteiger partial charge is 0.491 e. The van der Waals surface area contributed by atoms with Gasteiger partial charge in [-0.25, -0.2) is 9.38 Å². The fourth-order valence-corrected chi connectivity index (χ4v) is 3.67. The highest BCUT2D eigenvalue weighted by molar-refractivity contribution is 8.18. The molecule has 0 saturated carbocycles. The molecule has 0 radical (unpaired) electrons. The quantitative estimate of drug-likeness (QED) is 0.593. The minimum absolute atomic E-state index is 0.0757. The third-order valence-corrected chi connectivity index (χ3v) is 5.35. The van der Waals surface area contributed by atoms with Crippen molar-refractivity contribution in [3.63, 3.8) is 0 Å². The van der Waals surface area contributed by atoms with Crippen molar-refractivity contribution in [1.29, 1.82) is 0 Å². The first kappa shape index (κ1) is 20.1. The Bertz CT molecular complexity index is 892. The van der Waals surface area contributed by atoms with Crippen LogP contribution in [0.1, 0.15) is 32.8 Å². The molecule has 1 aliphatic rings. The first-order valence-electron chi connectivity index (χ1n) is 9.32. The SMILES string of the molecule is CC[C@H](C)Oc1ccc(/C=C2/SC(=Nc3ccc(F)cc3)N(CC)C2=O)cc1. The van der Waals surface area contributed by atoms with E-state index in [0.29, 0.717) is 22.3 Å². The van der Waals surface area contributed by atoms with Crippen LogP contribution >= 0.6 is 11.8 Å². The third kappa shape index (κ3) is 4.81. The summed E-state index contributed by atoms with van der Waals surface area (Å²) in [6, 6.07) is 13.6. The fraction of sp³-hybridized carbons (Fsp3) is 0.273. The molecule has 146 valence electrons. The number of amides is 1. The van der Waals surface area contributed by atoms with Gasteiger partial charge in [0.2, 0.25) is 0 Å². The number of rotatable bonds is 6. The predicted octanol–water partition coefficient (Wildman–Crippen LogP) is 5.63. The molecule has 1 aliphatic heterocycles. The summed E-state index contributed by atoms with van der Waals surface area (Å²) in [7, 11) is 0. The number of thioether (sulfide) groups is 1. The molecule has 0 N–H and O–H groups in total. The van der Waals surface area contributed by atoms with Crippen molar-refractivity contribution in [3.8, 4) is 5.75 Å². The Labute approximate surface area is 169 Å². The predicted molar refractivity (Wildman–Crippen MR) is 113 cm³/mol. The average Bonchev–Trinajstić information content (AvgIpc) is 2.99. The van der Waals surface area contributed by atoms with Gasteiger partial charge in [0.15, 0.2) is 5.17 Å². The molecule has 0 unspecified atom stereocenters. The van der Waals surface area contributed by atoms with E-state index < -0.39 is 0 Å². The molecule has 0 bridgehead atoms. The second-order valence-electron chi connectivity index (χ2n) is 6.44. The summed E-state index contributed by atoms with van der Waals surface area (Å²) < 4.78 is 18.9. The van der Waals surface area contributed by atoms with E-state index in [-0.39, 0.29) is 17.8 Å². The van der Waals surface area contributed by atoms with Crippen molar-refractivity contribution in [2.24, 2.45) is 4.99 Å². The zero-order chi connectivity index (χ0) is 20.1. The number of aliphatic imine (C=N–C) groups is 1. The molecule has 1 atom stereocenters. The number of carbonyl (C=O) groups excluding carboxylic acids is 1. The van der Waals surface area contributed by atoms with Crippen LogP contribution in [0.3, 0.4) is 0 Å². The van der Waals surface area contributed by atoms with Gasteiger partial charge in [0.25, 0.3) is 5.91 Å². The maximum Gasteiger partial charge on any atom is 0.266 e. The number of amidine groups is 1. The van der Waals surface area contributed by atoms with Gasteiger partial charge in [-0.05, 0) is 80.1 Å². The summed E-state index contributed by atoms with van der Waals surface area (Å²) in [4.78, 5) is 19.5. The summed E-state index contributed by atoms with van der Waals surface area (Å²) in [5.41, 5.74) is 1.54. The second-order valence-corrected chi connectivity index (χ2v) is 7.45. The van der Waals surface area contributed by atoms with Crippen LogP contribution in [0.2, 0.25) is 0 Å². The van der Waals surface area contributed by atoms with Crippen molar-refractivity contribution in [3.05, 3.63) is 64.8 Å². The molecule has 3 rings (SSSR count). The highest BCUT2D eigenvalue weighted by Gasteiger charge is 2.32. The zero-order valence-electron chi connectivity index (χ0n) is 16.2. The molecule has 4 nitrogen and oxygen atoms in total. The average molecular weight is 399 g/mol. The van der Waals surface area contributed by atoms with Crippen LogP contribution in [0.4, 0.5) is 10.1 Å². The number of hydrogen-bond donors (Lipinski definition) is 0. The normalized spacial score (nSPS) is 18.1. The molecular formula is C22H23FN2O2S. The van der Waals surface area contributed by atoms with Gasteiger partial charge in [0, 0.05) is 6.54 Å². The molecular weight excluding hydrogens is 375 g/mol. The van der Waals surface area contributed by atoms with E-state index >= 15 is 0 Å². The van der Waals surface area contributed by atoms with Gasteiger partial charge in [-0.2, -0.15) is 0 Å². The number of nitrogens with zero attached hydrogens (tertiary/aromatic N) is 2. The van der Waals surface area contributed by atoms with Crippen LogP contribution in [-0.2, 0) is 4.79 Å². The first-order chi connectivity index (χ1) is 13.5. The molecule has 1 fully saturated rings. The smallest absolute Gasteiger partial charge is 0.266 e. The topological polar surface area (TPSA) is 41.9 Å². The highest BCUT2D eigenvalue weighted by Crippen LogP contribution is 2.34. The van der Waals surface area contributed by atoms with E-state index in [2.05, 4.69) is 11.9 Å². The Balaban J connectivity index is 1.80. The molecule has 0 spiro atoms. The number of hydrogen-bond acceptors (Lipinski definition) is 4. The summed E-state index contributed by atoms with van der Waals surface area (Å²) in [5.74, 6) is 0.428. The molecule has 0 aromatic heterocycles. The summed E-state index contributed by atoms with van der Waals surface area (Å²) >= 11 is 1.33. The van der Waals surface area contributed by atoms with Crippen LogP contribution < -0.4 is 4.74 Å². The molecule has 2 aromatic carbocycles. The van der Waals surface area contributed by atoms with Gasteiger partial charge in [0.1, 0.15) is 11.6 Å². The fourth-order valence-electron chi connectivity index (χ4n) is 2.61. The third-order valence-electron chi connectivity index (χ3n) is 4.35. The van der Waals surface area contributed by atoms with Crippen molar-refractivity contribution in [2.75, 3.05) is 6.54 Å². The molecule has 28 heavy (non-hydrogen) atoms. The van der Waals surface area contributed by atoms with Crippen LogP contribution in [-0.4, -0.2) is 28.6 Å². The Morgan fingerprint density at radius 1 is 1.14 bits per heavy atom. The Hall–Kier alpha value is -2.60. The maximum absolute atomic E-state index is 13.1. The lowest BCUT2D eigenvalue weighted by atomic mass is 10.2. The van der Waals surface area contributed by atoms with Crippen LogP contribution in [0.15, 0.2) is 58.4 Å². The second kappa shape index (κ2) is 9.06. The highest BCUT2D eigenvalue weighted by atomic mass is 32.2. The van der Waals surface area contributed by atoms with E-state index in [4.69, 9.17) is 4.74 Å². The minimum atomic E-state index is -0.312. The Morgan fingerprint density at radius 3 is 2.43 bits per heavy atom. The standard InChI is InChI=1S/C22H23FN2O2S/c1-4-15(3)27-19-12-6-16(7-13-19)14-20-21(26)25(5-2)22(28-20)24-18-10-8-17(23)9-11-18/h6-15H,4-5H2,1-3H3/b20-14+,24-22?/t15-/m0/s1. The van der Waals surface area contributed by atoms with Crippen molar-refractivity contribution < 1.29 is 13.9 Å². The van der Waals surface area contributed by atoms with Gasteiger partial charge in [-0.3, -0.25) is 9.69 Å². The number of halogens is 1. The van der Waals surface area contributed by atoms with E-state index in [1.807, 2.05) is 44.2 Å². The van der Waals surface area contributed by atoms with Gasteiger partial charge in [-0.15, -0.1) is 0 Å². The van der Waals surface area contributed by atoms with Crippen molar-refractivity contribution in [2.45, 2.75) is 33.3 Å². The number of likely N-dealkylation sites (N-methyl/N-ethyl adjacent to an activating group) is 1. The Morgan fingerprint density at radius 2 is 1.82 bits per heavy atom. The van der Waals surface area contributed by atoms with Crippen LogP contribution in [0.5, 0.6) is 5.75 Å². The van der Waals surface area contributed by atoms with E-state index in [1.54, 1.807) is 17.0 Å². The lowest BCUT2D eigenvalue weighted by Gasteiger charge is -2.12.